The number of thioether (sulfide) groups is 1. The number of rotatable bonds is 15. The Morgan fingerprint density at radius 2 is 1.70 bits per heavy atom. The molecular weight excluding hydrogens is 705 g/mol. The quantitative estimate of drug-likeness (QED) is 0.0469. The summed E-state index contributed by atoms with van der Waals surface area (Å²) in [5.74, 6) is -1.99. The van der Waals surface area contributed by atoms with Crippen LogP contribution in [0.3, 0.4) is 0 Å². The van der Waals surface area contributed by atoms with Crippen LogP contribution in [-0.2, 0) is 24.2 Å². The number of urea groups is 1. The van der Waals surface area contributed by atoms with Crippen LogP contribution in [0, 0.1) is 17.7 Å². The number of guanidine groups is 1. The van der Waals surface area contributed by atoms with Crippen molar-refractivity contribution in [3.8, 4) is 11.1 Å². The van der Waals surface area contributed by atoms with Crippen molar-refractivity contribution >= 4 is 79.9 Å². The summed E-state index contributed by atoms with van der Waals surface area (Å²) in [5.41, 5.74) is 13.4. The molecule has 1 aromatic heterocycles. The molecule has 0 radical (unpaired) electrons. The van der Waals surface area contributed by atoms with E-state index in [9.17, 15) is 27.6 Å². The molecule has 19 heteroatoms. The number of likely N-dealkylation sites (N-methyl/N-ethyl adjacent to an activating group) is 1. The van der Waals surface area contributed by atoms with Gasteiger partial charge >= 0.3 is 6.03 Å². The minimum atomic E-state index is -4.04. The van der Waals surface area contributed by atoms with Crippen LogP contribution in [0.4, 0.5) is 16.2 Å². The van der Waals surface area contributed by atoms with Crippen LogP contribution in [0.15, 0.2) is 56.5 Å². The smallest absolute Gasteiger partial charge is 0.319 e. The van der Waals surface area contributed by atoms with E-state index in [1.165, 1.54) is 44.1 Å². The monoisotopic (exact) mass is 744 g/mol. The molecule has 12 N–H and O–H groups in total. The summed E-state index contributed by atoms with van der Waals surface area (Å²) in [6.07, 6.45) is 1.68. The van der Waals surface area contributed by atoms with Crippen LogP contribution in [0.2, 0.25) is 0 Å². The molecule has 1 atom stereocenters. The third kappa shape index (κ3) is 10.2. The Morgan fingerprint density at radius 3 is 2.32 bits per heavy atom. The second-order valence-electron chi connectivity index (χ2n) is 10.8. The van der Waals surface area contributed by atoms with Crippen molar-refractivity contribution in [2.75, 3.05) is 37.5 Å². The number of carbonyl (C=O) groups is 4. The first-order valence-electron chi connectivity index (χ1n) is 15.0. The van der Waals surface area contributed by atoms with Crippen LogP contribution in [0.25, 0.3) is 11.1 Å². The van der Waals surface area contributed by atoms with Crippen molar-refractivity contribution in [1.82, 2.24) is 21.3 Å². The molecule has 50 heavy (non-hydrogen) atoms. The zero-order valence-electron chi connectivity index (χ0n) is 27.8. The first-order chi connectivity index (χ1) is 23.6. The highest BCUT2D eigenvalue weighted by molar-refractivity contribution is 8.01. The standard InChI is InChI=1S/C31H40N10O6S3/c1-16-11-18(39-30(34)35)13-20(41-31(45)38-10-6-9-24(42)40-21(28(44)37-3)14-25(43)36-2)26(16)17-7-5-8-19(12-17)50(46,47)23-15-22(27(32)33)49-29(23)48-4/h5,7-8,11-13,15,21H,6,9-10,14H2,1-4H3,(H3,32,33)(H,36,43)(H,37,44)(H,40,42)(H4,34,35,39)(H2,38,41,45). The third-order valence-corrected chi connectivity index (χ3v) is 11.5. The van der Waals surface area contributed by atoms with E-state index in [2.05, 4.69) is 31.9 Å². The number of carbonyl (C=O) groups excluding carboxylic acids is 4. The average molecular weight is 745 g/mol. The Labute approximate surface area is 297 Å². The minimum Gasteiger partial charge on any atom is -0.383 e. The number of hydrogen-bond acceptors (Lipinski definition) is 10. The highest BCUT2D eigenvalue weighted by Crippen LogP contribution is 2.39. The second-order valence-corrected chi connectivity index (χ2v) is 14.8. The van der Waals surface area contributed by atoms with E-state index in [0.717, 1.165) is 11.3 Å². The fourth-order valence-corrected chi connectivity index (χ4v) is 8.72. The highest BCUT2D eigenvalue weighted by atomic mass is 32.2. The number of hydrogen-bond donors (Lipinski definition) is 10. The second kappa shape index (κ2) is 17.5. The van der Waals surface area contributed by atoms with Crippen molar-refractivity contribution in [3.05, 3.63) is 52.9 Å². The Balaban J connectivity index is 1.83. The number of nitrogens with one attached hydrogen (secondary N) is 8. The van der Waals surface area contributed by atoms with Gasteiger partial charge in [-0.1, -0.05) is 12.1 Å². The maximum Gasteiger partial charge on any atom is 0.319 e. The molecule has 0 bridgehead atoms. The van der Waals surface area contributed by atoms with E-state index in [4.69, 9.17) is 22.3 Å². The number of nitrogens with two attached hydrogens (primary N) is 2. The predicted octanol–water partition coefficient (Wildman–Crippen LogP) is 2.14. The van der Waals surface area contributed by atoms with Gasteiger partial charge in [0, 0.05) is 38.3 Å². The van der Waals surface area contributed by atoms with E-state index < -0.39 is 39.6 Å². The lowest BCUT2D eigenvalue weighted by atomic mass is 9.97. The molecule has 0 aliphatic carbocycles. The predicted molar refractivity (Wildman–Crippen MR) is 196 cm³/mol. The lowest BCUT2D eigenvalue weighted by Gasteiger charge is -2.18. The van der Waals surface area contributed by atoms with Crippen LogP contribution in [-0.4, -0.2) is 76.9 Å². The third-order valence-electron chi connectivity index (χ3n) is 7.13. The summed E-state index contributed by atoms with van der Waals surface area (Å²) in [4.78, 5) is 49.7. The summed E-state index contributed by atoms with van der Waals surface area (Å²) in [7, 11) is -1.22. The molecule has 1 unspecified atom stereocenters. The molecule has 0 aliphatic heterocycles. The number of benzene rings is 2. The number of anilines is 2. The number of aryl methyl sites for hydroxylation is 1. The van der Waals surface area contributed by atoms with Gasteiger partial charge in [-0.2, -0.15) is 0 Å². The molecule has 268 valence electrons. The molecule has 0 aliphatic rings. The molecule has 2 aromatic carbocycles. The molecule has 0 spiro atoms. The van der Waals surface area contributed by atoms with Gasteiger partial charge < -0.3 is 43.4 Å². The molecule has 1 heterocycles. The van der Waals surface area contributed by atoms with Gasteiger partial charge in [-0.05, 0) is 61.1 Å². The summed E-state index contributed by atoms with van der Waals surface area (Å²) in [5, 5.41) is 30.9. The topological polar surface area (TPSA) is 274 Å². The molecule has 3 rings (SSSR count). The first kappa shape index (κ1) is 39.3. The average Bonchev–Trinajstić information content (AvgIpc) is 3.52. The Bertz CT molecular complexity index is 1910. The molecule has 16 nitrogen and oxygen atoms in total. The summed E-state index contributed by atoms with van der Waals surface area (Å²) >= 11 is 2.35. The van der Waals surface area contributed by atoms with Gasteiger partial charge in [0.1, 0.15) is 11.9 Å². The minimum absolute atomic E-state index is 0.00815. The van der Waals surface area contributed by atoms with Crippen molar-refractivity contribution < 1.29 is 27.6 Å². The van der Waals surface area contributed by atoms with Crippen LogP contribution in [0.5, 0.6) is 0 Å². The molecule has 3 aromatic rings. The number of amidine groups is 1. The fraction of sp³-hybridized carbons (Fsp3) is 0.290. The fourth-order valence-electron chi connectivity index (χ4n) is 4.82. The van der Waals surface area contributed by atoms with E-state index in [-0.39, 0.29) is 53.1 Å². The lowest BCUT2D eigenvalue weighted by molar-refractivity contribution is -0.131. The van der Waals surface area contributed by atoms with Gasteiger partial charge in [0.2, 0.25) is 27.6 Å². The van der Waals surface area contributed by atoms with E-state index in [0.29, 0.717) is 31.5 Å². The zero-order chi connectivity index (χ0) is 37.2. The van der Waals surface area contributed by atoms with Crippen molar-refractivity contribution in [1.29, 1.82) is 10.8 Å². The van der Waals surface area contributed by atoms with Crippen molar-refractivity contribution in [2.24, 2.45) is 11.5 Å². The maximum atomic E-state index is 13.8. The van der Waals surface area contributed by atoms with Crippen LogP contribution < -0.4 is 43.4 Å². The molecular formula is C31H40N10O6S3. The van der Waals surface area contributed by atoms with Crippen molar-refractivity contribution in [3.63, 3.8) is 0 Å². The van der Waals surface area contributed by atoms with Gasteiger partial charge in [0.25, 0.3) is 0 Å². The number of sulfone groups is 1. The highest BCUT2D eigenvalue weighted by Gasteiger charge is 2.26. The van der Waals surface area contributed by atoms with Gasteiger partial charge in [0.15, 0.2) is 5.96 Å². The maximum absolute atomic E-state index is 13.8. The molecule has 0 saturated heterocycles. The Hall–Kier alpha value is -5.14. The molecule has 0 fully saturated rings. The van der Waals surface area contributed by atoms with E-state index in [1.807, 2.05) is 0 Å². The Morgan fingerprint density at radius 1 is 0.980 bits per heavy atom. The van der Waals surface area contributed by atoms with E-state index >= 15 is 0 Å². The summed E-state index contributed by atoms with van der Waals surface area (Å²) in [6, 6.07) is 9.18. The largest absolute Gasteiger partial charge is 0.383 e. The van der Waals surface area contributed by atoms with E-state index in [1.54, 1.807) is 37.4 Å². The summed E-state index contributed by atoms with van der Waals surface area (Å²) in [6.45, 7) is 1.83. The van der Waals surface area contributed by atoms with Crippen LogP contribution in [0.1, 0.15) is 29.7 Å². The van der Waals surface area contributed by atoms with Crippen molar-refractivity contribution in [2.45, 2.75) is 46.2 Å². The van der Waals surface area contributed by atoms with Crippen LogP contribution >= 0.6 is 23.1 Å². The van der Waals surface area contributed by atoms with Gasteiger partial charge in [0.05, 0.1) is 31.0 Å². The first-order valence-corrected chi connectivity index (χ1v) is 18.5. The Kier molecular flexibility index (Phi) is 13.8. The van der Waals surface area contributed by atoms with Gasteiger partial charge in [-0.25, -0.2) is 13.2 Å². The molecule has 5 amide bonds. The number of nitrogen functional groups attached to an aromatic ring is 1. The van der Waals surface area contributed by atoms with Gasteiger partial charge in [-0.3, -0.25) is 25.2 Å². The van der Waals surface area contributed by atoms with Gasteiger partial charge in [-0.15, -0.1) is 23.1 Å². The lowest BCUT2D eigenvalue weighted by Crippen LogP contribution is -2.48. The SMILES string of the molecule is CNC(=O)CC(NC(=O)CCCNC(=O)Nc1cc(NC(=N)N)cc(C)c1-c1cccc(S(=O)(=O)c2cc(C(=N)N)sc2SC)c1)C(=O)NC. The zero-order valence-corrected chi connectivity index (χ0v) is 30.2. The normalized spacial score (nSPS) is 11.5. The molecule has 0 saturated carbocycles. The number of thiophene rings is 1. The summed E-state index contributed by atoms with van der Waals surface area (Å²) < 4.78 is 28.1. The number of amides is 5.